The lowest BCUT2D eigenvalue weighted by Crippen LogP contribution is -2.21. The van der Waals surface area contributed by atoms with Crippen LogP contribution in [0.15, 0.2) is 24.4 Å². The zero-order valence-electron chi connectivity index (χ0n) is 11.4. The fourth-order valence-corrected chi connectivity index (χ4v) is 2.59. The zero-order valence-corrected chi connectivity index (χ0v) is 12.9. The van der Waals surface area contributed by atoms with Gasteiger partial charge in [-0.05, 0) is 30.7 Å². The van der Waals surface area contributed by atoms with E-state index < -0.39 is 6.10 Å². The van der Waals surface area contributed by atoms with Crippen LogP contribution in [0.2, 0.25) is 10.0 Å². The Bertz CT molecular complexity index is 578. The van der Waals surface area contributed by atoms with Gasteiger partial charge in [0.15, 0.2) is 0 Å². The van der Waals surface area contributed by atoms with Gasteiger partial charge in [0, 0.05) is 41.9 Å². The average Bonchev–Trinajstić information content (AvgIpc) is 2.66. The molecule has 0 radical (unpaired) electrons. The van der Waals surface area contributed by atoms with Gasteiger partial charge in [-0.2, -0.15) is 5.10 Å². The summed E-state index contributed by atoms with van der Waals surface area (Å²) in [7, 11) is 1.89. The fraction of sp³-hybridized carbons (Fsp3) is 0.357. The molecule has 0 fully saturated rings. The first-order valence-electron chi connectivity index (χ1n) is 6.29. The Hall–Kier alpha value is -1.07. The van der Waals surface area contributed by atoms with Gasteiger partial charge in [-0.25, -0.2) is 0 Å². The van der Waals surface area contributed by atoms with Crippen molar-refractivity contribution in [2.45, 2.75) is 19.6 Å². The first kappa shape index (κ1) is 15.3. The minimum atomic E-state index is -0.650. The van der Waals surface area contributed by atoms with Crippen LogP contribution in [0.5, 0.6) is 0 Å². The third-order valence-corrected chi connectivity index (χ3v) is 3.47. The van der Waals surface area contributed by atoms with Gasteiger partial charge in [0.1, 0.15) is 0 Å². The van der Waals surface area contributed by atoms with Gasteiger partial charge in [-0.15, -0.1) is 0 Å². The molecule has 0 aliphatic carbocycles. The number of rotatable bonds is 5. The van der Waals surface area contributed by atoms with Gasteiger partial charge in [-0.3, -0.25) is 4.68 Å². The van der Waals surface area contributed by atoms with Crippen molar-refractivity contribution in [3.63, 3.8) is 0 Å². The summed E-state index contributed by atoms with van der Waals surface area (Å²) < 4.78 is 1.78. The molecule has 0 saturated heterocycles. The van der Waals surface area contributed by atoms with E-state index in [9.17, 15) is 5.11 Å². The summed E-state index contributed by atoms with van der Waals surface area (Å²) in [5, 5.41) is 18.6. The topological polar surface area (TPSA) is 50.1 Å². The van der Waals surface area contributed by atoms with Crippen molar-refractivity contribution >= 4 is 23.2 Å². The summed E-state index contributed by atoms with van der Waals surface area (Å²) in [6.07, 6.45) is 1.31. The molecule has 1 aromatic carbocycles. The quantitative estimate of drug-likeness (QED) is 0.892. The highest BCUT2D eigenvalue weighted by Crippen LogP contribution is 2.23. The van der Waals surface area contributed by atoms with Crippen LogP contribution < -0.4 is 5.32 Å². The number of hydrogen-bond donors (Lipinski definition) is 2. The number of benzene rings is 1. The van der Waals surface area contributed by atoms with Crippen molar-refractivity contribution in [3.05, 3.63) is 51.3 Å². The maximum Gasteiger partial charge on any atom is 0.0915 e. The van der Waals surface area contributed by atoms with Crippen LogP contribution in [0, 0.1) is 6.92 Å². The highest BCUT2D eigenvalue weighted by molar-refractivity contribution is 6.34. The molecule has 0 aliphatic heterocycles. The second-order valence-corrected chi connectivity index (χ2v) is 5.64. The zero-order chi connectivity index (χ0) is 14.7. The molecular formula is C14H17Cl2N3O. The van der Waals surface area contributed by atoms with Gasteiger partial charge in [-0.1, -0.05) is 23.2 Å². The predicted molar refractivity (Wildman–Crippen MR) is 81.1 cm³/mol. The summed E-state index contributed by atoms with van der Waals surface area (Å²) in [6, 6.07) is 5.08. The lowest BCUT2D eigenvalue weighted by molar-refractivity contribution is 0.174. The van der Waals surface area contributed by atoms with E-state index in [1.165, 1.54) is 0 Å². The highest BCUT2D eigenvalue weighted by Gasteiger charge is 2.10. The van der Waals surface area contributed by atoms with E-state index in [4.69, 9.17) is 23.2 Å². The molecule has 0 spiro atoms. The third-order valence-electron chi connectivity index (χ3n) is 3.04. The second kappa shape index (κ2) is 6.59. The number of aromatic nitrogens is 2. The van der Waals surface area contributed by atoms with Crippen LogP contribution in [0.25, 0.3) is 0 Å². The van der Waals surface area contributed by atoms with Gasteiger partial charge in [0.05, 0.1) is 11.8 Å². The van der Waals surface area contributed by atoms with E-state index in [-0.39, 0.29) is 0 Å². The molecule has 2 rings (SSSR count). The minimum absolute atomic E-state index is 0.422. The van der Waals surface area contributed by atoms with E-state index in [2.05, 4.69) is 10.4 Å². The van der Waals surface area contributed by atoms with Crippen LogP contribution in [-0.2, 0) is 13.6 Å². The van der Waals surface area contributed by atoms with Crippen molar-refractivity contribution in [2.24, 2.45) is 7.05 Å². The Kier molecular flexibility index (Phi) is 5.05. The molecule has 1 atom stereocenters. The molecule has 4 nitrogen and oxygen atoms in total. The third kappa shape index (κ3) is 3.96. The fourth-order valence-electron chi connectivity index (χ4n) is 2.05. The molecular weight excluding hydrogens is 297 g/mol. The van der Waals surface area contributed by atoms with Crippen LogP contribution >= 0.6 is 23.2 Å². The van der Waals surface area contributed by atoms with E-state index in [1.54, 1.807) is 22.9 Å². The van der Waals surface area contributed by atoms with Crippen molar-refractivity contribution in [1.82, 2.24) is 15.1 Å². The average molecular weight is 314 g/mol. The van der Waals surface area contributed by atoms with E-state index >= 15 is 0 Å². The number of nitrogens with zero attached hydrogens (tertiary/aromatic N) is 2. The molecule has 6 heteroatoms. The Morgan fingerprint density at radius 1 is 1.30 bits per heavy atom. The Morgan fingerprint density at radius 3 is 2.50 bits per heavy atom. The number of nitrogens with one attached hydrogen (secondary N) is 1. The monoisotopic (exact) mass is 313 g/mol. The maximum absolute atomic E-state index is 10.1. The molecule has 2 N–H and O–H groups in total. The Morgan fingerprint density at radius 2 is 1.95 bits per heavy atom. The normalized spacial score (nSPS) is 12.7. The molecule has 1 aromatic heterocycles. The van der Waals surface area contributed by atoms with E-state index in [1.807, 2.05) is 20.2 Å². The SMILES string of the molecule is Cc1nn(C)cc1CNCC(O)c1cc(Cl)cc(Cl)c1. The van der Waals surface area contributed by atoms with Gasteiger partial charge < -0.3 is 10.4 Å². The lowest BCUT2D eigenvalue weighted by Gasteiger charge is -2.13. The number of hydrogen-bond acceptors (Lipinski definition) is 3. The lowest BCUT2D eigenvalue weighted by atomic mass is 10.1. The summed E-state index contributed by atoms with van der Waals surface area (Å²) in [5.74, 6) is 0. The van der Waals surface area contributed by atoms with Crippen molar-refractivity contribution < 1.29 is 5.11 Å². The molecule has 0 bridgehead atoms. The summed E-state index contributed by atoms with van der Waals surface area (Å²) in [4.78, 5) is 0. The van der Waals surface area contributed by atoms with Gasteiger partial charge >= 0.3 is 0 Å². The van der Waals surface area contributed by atoms with Crippen molar-refractivity contribution in [2.75, 3.05) is 6.54 Å². The molecule has 20 heavy (non-hydrogen) atoms. The van der Waals surface area contributed by atoms with Crippen LogP contribution in [0.1, 0.15) is 22.9 Å². The van der Waals surface area contributed by atoms with Gasteiger partial charge in [0.25, 0.3) is 0 Å². The predicted octanol–water partition coefficient (Wildman–Crippen LogP) is 2.86. The van der Waals surface area contributed by atoms with E-state index in [0.29, 0.717) is 28.7 Å². The molecule has 1 heterocycles. The van der Waals surface area contributed by atoms with Crippen LogP contribution in [0.3, 0.4) is 0 Å². The maximum atomic E-state index is 10.1. The molecule has 2 aromatic rings. The first-order valence-corrected chi connectivity index (χ1v) is 7.05. The Balaban J connectivity index is 1.92. The van der Waals surface area contributed by atoms with Crippen LogP contribution in [0.4, 0.5) is 0 Å². The molecule has 0 amide bonds. The first-order chi connectivity index (χ1) is 9.45. The standard InChI is InChI=1S/C14H17Cl2N3O/c1-9-11(8-19(2)18-9)6-17-7-14(20)10-3-12(15)5-13(16)4-10/h3-5,8,14,17,20H,6-7H2,1-2H3. The summed E-state index contributed by atoms with van der Waals surface area (Å²) in [5.41, 5.74) is 2.81. The largest absolute Gasteiger partial charge is 0.387 e. The van der Waals surface area contributed by atoms with Crippen molar-refractivity contribution in [3.8, 4) is 0 Å². The second-order valence-electron chi connectivity index (χ2n) is 4.76. The number of aryl methyl sites for hydroxylation is 2. The van der Waals surface area contributed by atoms with E-state index in [0.717, 1.165) is 11.3 Å². The molecule has 0 saturated carbocycles. The van der Waals surface area contributed by atoms with Crippen LogP contribution in [-0.4, -0.2) is 21.4 Å². The number of aliphatic hydroxyl groups excluding tert-OH is 1. The summed E-state index contributed by atoms with van der Waals surface area (Å²) >= 11 is 11.8. The Labute approximate surface area is 128 Å². The number of aliphatic hydroxyl groups is 1. The highest BCUT2D eigenvalue weighted by atomic mass is 35.5. The minimum Gasteiger partial charge on any atom is -0.387 e. The molecule has 108 valence electrons. The summed E-state index contributed by atoms with van der Waals surface area (Å²) in [6.45, 7) is 3.04. The number of halogens is 2. The van der Waals surface area contributed by atoms with Crippen molar-refractivity contribution in [1.29, 1.82) is 0 Å². The molecule has 0 aliphatic rings. The smallest absolute Gasteiger partial charge is 0.0915 e. The molecule has 1 unspecified atom stereocenters. The van der Waals surface area contributed by atoms with Gasteiger partial charge in [0.2, 0.25) is 0 Å².